The van der Waals surface area contributed by atoms with Gasteiger partial charge in [-0.15, -0.1) is 12.4 Å². The molecule has 1 aromatic carbocycles. The largest absolute Gasteiger partial charge is 0.492 e. The van der Waals surface area contributed by atoms with Gasteiger partial charge in [0.15, 0.2) is 0 Å². The second-order valence-corrected chi connectivity index (χ2v) is 4.26. The molecule has 84 valence electrons. The van der Waals surface area contributed by atoms with Crippen LogP contribution in [-0.4, -0.2) is 17.8 Å². The SMILES string of the molecule is Cl.NC1CCOc2c(Br)cccc2C1O. The summed E-state index contributed by atoms with van der Waals surface area (Å²) in [5, 5.41) is 9.91. The molecule has 0 saturated heterocycles. The quantitative estimate of drug-likeness (QED) is 0.769. The number of hydrogen-bond donors (Lipinski definition) is 2. The molecule has 3 N–H and O–H groups in total. The van der Waals surface area contributed by atoms with Gasteiger partial charge in [0.1, 0.15) is 5.75 Å². The van der Waals surface area contributed by atoms with Crippen molar-refractivity contribution in [1.29, 1.82) is 0 Å². The molecule has 15 heavy (non-hydrogen) atoms. The van der Waals surface area contributed by atoms with Gasteiger partial charge in [0.05, 0.1) is 17.2 Å². The van der Waals surface area contributed by atoms with E-state index in [0.717, 1.165) is 10.0 Å². The molecular formula is C10H13BrClNO2. The topological polar surface area (TPSA) is 55.5 Å². The molecule has 1 aliphatic rings. The van der Waals surface area contributed by atoms with Crippen molar-refractivity contribution in [3.63, 3.8) is 0 Å². The molecule has 0 radical (unpaired) electrons. The van der Waals surface area contributed by atoms with E-state index in [9.17, 15) is 5.11 Å². The van der Waals surface area contributed by atoms with Crippen LogP contribution in [0.4, 0.5) is 0 Å². The summed E-state index contributed by atoms with van der Waals surface area (Å²) in [5.74, 6) is 0.716. The predicted octanol–water partition coefficient (Wildman–Crippen LogP) is 2.01. The molecule has 0 aromatic heterocycles. The van der Waals surface area contributed by atoms with Gasteiger partial charge >= 0.3 is 0 Å². The van der Waals surface area contributed by atoms with Gasteiger partial charge < -0.3 is 15.6 Å². The van der Waals surface area contributed by atoms with Crippen molar-refractivity contribution in [3.8, 4) is 5.75 Å². The number of rotatable bonds is 0. The van der Waals surface area contributed by atoms with Gasteiger partial charge in [-0.2, -0.15) is 0 Å². The molecule has 2 unspecified atom stereocenters. The Morgan fingerprint density at radius 3 is 2.93 bits per heavy atom. The highest BCUT2D eigenvalue weighted by atomic mass is 79.9. The van der Waals surface area contributed by atoms with Crippen molar-refractivity contribution in [2.45, 2.75) is 18.6 Å². The van der Waals surface area contributed by atoms with E-state index in [1.165, 1.54) is 0 Å². The van der Waals surface area contributed by atoms with E-state index in [4.69, 9.17) is 10.5 Å². The number of aliphatic hydroxyl groups excluding tert-OH is 1. The zero-order chi connectivity index (χ0) is 10.1. The van der Waals surface area contributed by atoms with Crippen molar-refractivity contribution < 1.29 is 9.84 Å². The van der Waals surface area contributed by atoms with Crippen LogP contribution >= 0.6 is 28.3 Å². The lowest BCUT2D eigenvalue weighted by Crippen LogP contribution is -2.28. The average Bonchev–Trinajstić information content (AvgIpc) is 2.31. The van der Waals surface area contributed by atoms with Crippen LogP contribution in [0, 0.1) is 0 Å². The van der Waals surface area contributed by atoms with Crippen LogP contribution in [-0.2, 0) is 0 Å². The maximum Gasteiger partial charge on any atom is 0.139 e. The molecular weight excluding hydrogens is 281 g/mol. The fraction of sp³-hybridized carbons (Fsp3) is 0.400. The van der Waals surface area contributed by atoms with Crippen LogP contribution in [0.5, 0.6) is 5.75 Å². The summed E-state index contributed by atoms with van der Waals surface area (Å²) in [5.41, 5.74) is 6.57. The lowest BCUT2D eigenvalue weighted by atomic mass is 10.0. The van der Waals surface area contributed by atoms with E-state index in [1.54, 1.807) is 0 Å². The fourth-order valence-electron chi connectivity index (χ4n) is 1.60. The minimum absolute atomic E-state index is 0. The zero-order valence-corrected chi connectivity index (χ0v) is 10.4. The van der Waals surface area contributed by atoms with Crippen LogP contribution in [0.25, 0.3) is 0 Å². The van der Waals surface area contributed by atoms with E-state index >= 15 is 0 Å². The zero-order valence-electron chi connectivity index (χ0n) is 8.02. The van der Waals surface area contributed by atoms with Crippen molar-refractivity contribution in [3.05, 3.63) is 28.2 Å². The summed E-state index contributed by atoms with van der Waals surface area (Å²) in [6.07, 6.45) is 0.0347. The Kier molecular flexibility index (Phi) is 4.40. The highest BCUT2D eigenvalue weighted by Gasteiger charge is 2.25. The van der Waals surface area contributed by atoms with Crippen molar-refractivity contribution in [1.82, 2.24) is 0 Å². The van der Waals surface area contributed by atoms with Crippen LogP contribution in [0.3, 0.4) is 0 Å². The Labute approximate surface area is 103 Å². The molecule has 0 saturated carbocycles. The Bertz CT molecular complexity index is 348. The number of hydrogen-bond acceptors (Lipinski definition) is 3. The Balaban J connectivity index is 0.00000112. The Hall–Kier alpha value is -0.290. The second-order valence-electron chi connectivity index (χ2n) is 3.40. The van der Waals surface area contributed by atoms with Gasteiger partial charge in [0.2, 0.25) is 0 Å². The molecule has 0 fully saturated rings. The highest BCUT2D eigenvalue weighted by Crippen LogP contribution is 2.36. The first-order valence-corrected chi connectivity index (χ1v) is 5.34. The third-order valence-corrected chi connectivity index (χ3v) is 3.04. The summed E-state index contributed by atoms with van der Waals surface area (Å²) >= 11 is 3.39. The van der Waals surface area contributed by atoms with E-state index < -0.39 is 6.10 Å². The van der Waals surface area contributed by atoms with E-state index in [-0.39, 0.29) is 18.4 Å². The average molecular weight is 295 g/mol. The number of benzene rings is 1. The summed E-state index contributed by atoms with van der Waals surface area (Å²) in [7, 11) is 0. The van der Waals surface area contributed by atoms with E-state index in [0.29, 0.717) is 18.8 Å². The van der Waals surface area contributed by atoms with Crippen molar-refractivity contribution in [2.75, 3.05) is 6.61 Å². The van der Waals surface area contributed by atoms with Gasteiger partial charge in [-0.05, 0) is 28.4 Å². The second kappa shape index (κ2) is 5.16. The molecule has 2 rings (SSSR count). The summed E-state index contributed by atoms with van der Waals surface area (Å²) < 4.78 is 6.40. The number of nitrogens with two attached hydrogens (primary N) is 1. The van der Waals surface area contributed by atoms with Gasteiger partial charge in [0, 0.05) is 11.6 Å². The summed E-state index contributed by atoms with van der Waals surface area (Å²) in [4.78, 5) is 0. The number of fused-ring (bicyclic) bond motifs is 1. The van der Waals surface area contributed by atoms with Crippen LogP contribution in [0.15, 0.2) is 22.7 Å². The van der Waals surface area contributed by atoms with Gasteiger partial charge in [-0.25, -0.2) is 0 Å². The van der Waals surface area contributed by atoms with Crippen LogP contribution in [0.2, 0.25) is 0 Å². The van der Waals surface area contributed by atoms with Crippen LogP contribution in [0.1, 0.15) is 18.1 Å². The Morgan fingerprint density at radius 2 is 2.20 bits per heavy atom. The van der Waals surface area contributed by atoms with E-state index in [1.807, 2.05) is 18.2 Å². The Morgan fingerprint density at radius 1 is 1.47 bits per heavy atom. The molecule has 5 heteroatoms. The monoisotopic (exact) mass is 293 g/mol. The number of halogens is 2. The third kappa shape index (κ3) is 2.45. The predicted molar refractivity (Wildman–Crippen MR) is 64.4 cm³/mol. The summed E-state index contributed by atoms with van der Waals surface area (Å²) in [6, 6.07) is 5.36. The minimum Gasteiger partial charge on any atom is -0.492 e. The standard InChI is InChI=1S/C10H12BrNO2.ClH/c11-7-3-1-2-6-9(13)8(12)4-5-14-10(6)7;/h1-3,8-9,13H,4-5,12H2;1H. The first-order chi connectivity index (χ1) is 6.70. The molecule has 3 nitrogen and oxygen atoms in total. The van der Waals surface area contributed by atoms with Crippen molar-refractivity contribution >= 4 is 28.3 Å². The molecule has 0 bridgehead atoms. The number of aliphatic hydroxyl groups is 1. The van der Waals surface area contributed by atoms with Crippen LogP contribution < -0.4 is 10.5 Å². The molecule has 0 spiro atoms. The normalized spacial score (nSPS) is 24.5. The van der Waals surface area contributed by atoms with E-state index in [2.05, 4.69) is 15.9 Å². The number of para-hydroxylation sites is 1. The lowest BCUT2D eigenvalue weighted by molar-refractivity contribution is 0.145. The molecule has 0 aliphatic carbocycles. The molecule has 0 amide bonds. The van der Waals surface area contributed by atoms with Gasteiger partial charge in [0.25, 0.3) is 0 Å². The maximum atomic E-state index is 9.91. The van der Waals surface area contributed by atoms with Crippen molar-refractivity contribution in [2.24, 2.45) is 5.73 Å². The molecule has 2 atom stereocenters. The maximum absolute atomic E-state index is 9.91. The molecule has 1 aliphatic heterocycles. The molecule has 1 heterocycles. The smallest absolute Gasteiger partial charge is 0.139 e. The number of ether oxygens (including phenoxy) is 1. The third-order valence-electron chi connectivity index (χ3n) is 2.42. The lowest BCUT2D eigenvalue weighted by Gasteiger charge is -2.16. The molecule has 1 aromatic rings. The first-order valence-electron chi connectivity index (χ1n) is 4.55. The van der Waals surface area contributed by atoms with Gasteiger partial charge in [-0.3, -0.25) is 0 Å². The van der Waals surface area contributed by atoms with Gasteiger partial charge in [-0.1, -0.05) is 12.1 Å². The minimum atomic E-state index is -0.634. The first kappa shape index (κ1) is 12.8. The highest BCUT2D eigenvalue weighted by molar-refractivity contribution is 9.10. The summed E-state index contributed by atoms with van der Waals surface area (Å²) in [6.45, 7) is 0.549. The fourth-order valence-corrected chi connectivity index (χ4v) is 2.09.